The summed E-state index contributed by atoms with van der Waals surface area (Å²) in [4.78, 5) is 30.0. The third-order valence-corrected chi connectivity index (χ3v) is 5.67. The van der Waals surface area contributed by atoms with Gasteiger partial charge in [0, 0.05) is 38.3 Å². The largest absolute Gasteiger partial charge is 0.497 e. The molecule has 2 aromatic rings. The molecule has 7 nitrogen and oxygen atoms in total. The van der Waals surface area contributed by atoms with Crippen LogP contribution < -0.4 is 14.8 Å². The highest BCUT2D eigenvalue weighted by molar-refractivity contribution is 5.97. The van der Waals surface area contributed by atoms with Gasteiger partial charge in [-0.1, -0.05) is 32.0 Å². The van der Waals surface area contributed by atoms with E-state index < -0.39 is 6.04 Å². The van der Waals surface area contributed by atoms with Crippen LogP contribution in [0.3, 0.4) is 0 Å². The van der Waals surface area contributed by atoms with E-state index in [2.05, 4.69) is 10.2 Å². The van der Waals surface area contributed by atoms with E-state index in [1.54, 1.807) is 31.4 Å². The second-order valence-electron chi connectivity index (χ2n) is 8.25. The van der Waals surface area contributed by atoms with Crippen LogP contribution >= 0.6 is 0 Å². The maximum Gasteiger partial charge on any atom is 0.251 e. The first kappa shape index (κ1) is 23.6. The summed E-state index contributed by atoms with van der Waals surface area (Å²) in [6.07, 6.45) is 0. The minimum Gasteiger partial charge on any atom is -0.497 e. The Morgan fingerprint density at radius 1 is 0.938 bits per heavy atom. The van der Waals surface area contributed by atoms with Crippen molar-refractivity contribution in [1.82, 2.24) is 15.1 Å². The molecule has 3 rings (SSSR count). The summed E-state index contributed by atoms with van der Waals surface area (Å²) < 4.78 is 10.9. The van der Waals surface area contributed by atoms with Crippen molar-refractivity contribution in [3.05, 3.63) is 60.2 Å². The van der Waals surface area contributed by atoms with E-state index in [9.17, 15) is 9.59 Å². The van der Waals surface area contributed by atoms with Gasteiger partial charge in [-0.25, -0.2) is 0 Å². The molecule has 7 heteroatoms. The monoisotopic (exact) mass is 439 g/mol. The Hall–Kier alpha value is -3.06. The number of carbonyl (C=O) groups is 2. The van der Waals surface area contributed by atoms with Crippen LogP contribution in [0.4, 0.5) is 0 Å². The Kier molecular flexibility index (Phi) is 8.50. The van der Waals surface area contributed by atoms with Crippen molar-refractivity contribution < 1.29 is 19.1 Å². The van der Waals surface area contributed by atoms with E-state index in [4.69, 9.17) is 9.47 Å². The minimum absolute atomic E-state index is 0.0120. The lowest BCUT2D eigenvalue weighted by Gasteiger charge is -2.37. The van der Waals surface area contributed by atoms with Gasteiger partial charge in [-0.05, 0) is 42.3 Å². The predicted octanol–water partition coefficient (Wildman–Crippen LogP) is 2.67. The number of piperazine rings is 1. The molecule has 1 aliphatic rings. The van der Waals surface area contributed by atoms with Crippen LogP contribution in [-0.4, -0.2) is 74.1 Å². The molecule has 2 aromatic carbocycles. The predicted molar refractivity (Wildman–Crippen MR) is 124 cm³/mol. The summed E-state index contributed by atoms with van der Waals surface area (Å²) in [5.41, 5.74) is 0.507. The van der Waals surface area contributed by atoms with Crippen LogP contribution in [0.5, 0.6) is 11.5 Å². The van der Waals surface area contributed by atoms with Crippen molar-refractivity contribution in [3.63, 3.8) is 0 Å². The fourth-order valence-corrected chi connectivity index (χ4v) is 3.68. The summed E-state index contributed by atoms with van der Waals surface area (Å²) in [6, 6.07) is 16.1. The Labute approximate surface area is 190 Å². The van der Waals surface area contributed by atoms with Crippen molar-refractivity contribution in [2.75, 3.05) is 46.4 Å². The van der Waals surface area contributed by atoms with Gasteiger partial charge in [0.2, 0.25) is 5.91 Å². The molecule has 1 N–H and O–H groups in total. The summed E-state index contributed by atoms with van der Waals surface area (Å²) >= 11 is 0. The zero-order valence-corrected chi connectivity index (χ0v) is 19.1. The molecule has 0 aliphatic carbocycles. The minimum atomic E-state index is -0.558. The van der Waals surface area contributed by atoms with Crippen molar-refractivity contribution in [2.45, 2.75) is 19.9 Å². The molecule has 0 saturated carbocycles. The zero-order valence-electron chi connectivity index (χ0n) is 19.1. The molecule has 1 unspecified atom stereocenters. The average molecular weight is 440 g/mol. The second kappa shape index (κ2) is 11.5. The third kappa shape index (κ3) is 6.47. The highest BCUT2D eigenvalue weighted by Crippen LogP contribution is 2.14. The van der Waals surface area contributed by atoms with Crippen LogP contribution in [-0.2, 0) is 4.79 Å². The highest BCUT2D eigenvalue weighted by Gasteiger charge is 2.30. The lowest BCUT2D eigenvalue weighted by molar-refractivity contribution is -0.136. The maximum absolute atomic E-state index is 13.2. The Morgan fingerprint density at radius 2 is 1.59 bits per heavy atom. The van der Waals surface area contributed by atoms with E-state index in [1.807, 2.05) is 49.1 Å². The average Bonchev–Trinajstić information content (AvgIpc) is 2.83. The van der Waals surface area contributed by atoms with Crippen molar-refractivity contribution in [2.24, 2.45) is 5.92 Å². The molecule has 0 spiro atoms. The Morgan fingerprint density at radius 3 is 2.19 bits per heavy atom. The molecule has 1 atom stereocenters. The first-order chi connectivity index (χ1) is 15.5. The number of methoxy groups -OCH3 is 1. The molecule has 1 fully saturated rings. The van der Waals surface area contributed by atoms with Crippen molar-refractivity contribution in [3.8, 4) is 11.5 Å². The number of rotatable bonds is 9. The summed E-state index contributed by atoms with van der Waals surface area (Å²) in [5.74, 6) is 1.26. The molecule has 0 aromatic heterocycles. The van der Waals surface area contributed by atoms with Crippen molar-refractivity contribution >= 4 is 11.8 Å². The zero-order chi connectivity index (χ0) is 22.9. The molecule has 1 saturated heterocycles. The number of nitrogens with zero attached hydrogens (tertiary/aromatic N) is 2. The Balaban J connectivity index is 1.48. The van der Waals surface area contributed by atoms with Gasteiger partial charge >= 0.3 is 0 Å². The summed E-state index contributed by atoms with van der Waals surface area (Å²) in [6.45, 7) is 8.21. The molecule has 0 bridgehead atoms. The lowest BCUT2D eigenvalue weighted by Crippen LogP contribution is -2.56. The highest BCUT2D eigenvalue weighted by atomic mass is 16.5. The number of hydrogen-bond acceptors (Lipinski definition) is 5. The SMILES string of the molecule is COc1ccc(C(=O)NC(C(=O)N2CCN(CCOc3ccccc3)CC2)C(C)C)cc1. The van der Waals surface area contributed by atoms with Crippen LogP contribution in [0.25, 0.3) is 0 Å². The van der Waals surface area contributed by atoms with Gasteiger partial charge in [-0.2, -0.15) is 0 Å². The number of hydrogen-bond donors (Lipinski definition) is 1. The molecule has 1 aliphatic heterocycles. The van der Waals surface area contributed by atoms with Gasteiger partial charge in [0.15, 0.2) is 0 Å². The van der Waals surface area contributed by atoms with Crippen LogP contribution in [0.2, 0.25) is 0 Å². The van der Waals surface area contributed by atoms with Gasteiger partial charge in [0.05, 0.1) is 7.11 Å². The third-order valence-electron chi connectivity index (χ3n) is 5.67. The number of nitrogens with one attached hydrogen (secondary N) is 1. The topological polar surface area (TPSA) is 71.1 Å². The Bertz CT molecular complexity index is 863. The van der Waals surface area contributed by atoms with E-state index in [-0.39, 0.29) is 17.7 Å². The van der Waals surface area contributed by atoms with Crippen LogP contribution in [0.1, 0.15) is 24.2 Å². The molecular weight excluding hydrogens is 406 g/mol. The first-order valence-corrected chi connectivity index (χ1v) is 11.1. The number of carbonyl (C=O) groups excluding carboxylic acids is 2. The van der Waals surface area contributed by atoms with Crippen molar-refractivity contribution in [1.29, 1.82) is 0 Å². The number of amides is 2. The van der Waals surface area contributed by atoms with Gasteiger partial charge in [-0.3, -0.25) is 14.5 Å². The van der Waals surface area contributed by atoms with Gasteiger partial charge < -0.3 is 19.7 Å². The maximum atomic E-state index is 13.2. The van der Waals surface area contributed by atoms with E-state index in [0.29, 0.717) is 31.0 Å². The number of para-hydroxylation sites is 1. The van der Waals surface area contributed by atoms with E-state index >= 15 is 0 Å². The molecule has 0 radical (unpaired) electrons. The summed E-state index contributed by atoms with van der Waals surface area (Å²) in [7, 11) is 1.58. The fraction of sp³-hybridized carbons (Fsp3) is 0.440. The van der Waals surface area contributed by atoms with Crippen LogP contribution in [0, 0.1) is 5.92 Å². The molecular formula is C25H33N3O4. The van der Waals surface area contributed by atoms with E-state index in [1.165, 1.54) is 0 Å². The normalized spacial score (nSPS) is 15.3. The van der Waals surface area contributed by atoms with Gasteiger partial charge in [0.1, 0.15) is 24.1 Å². The fourth-order valence-electron chi connectivity index (χ4n) is 3.68. The van der Waals surface area contributed by atoms with Crippen LogP contribution in [0.15, 0.2) is 54.6 Å². The molecule has 32 heavy (non-hydrogen) atoms. The molecule has 2 amide bonds. The molecule has 1 heterocycles. The standard InChI is InChI=1S/C25H33N3O4/c1-19(2)23(26-24(29)20-9-11-21(31-3)12-10-20)25(30)28-15-13-27(14-16-28)17-18-32-22-7-5-4-6-8-22/h4-12,19,23H,13-18H2,1-3H3,(H,26,29). The quantitative estimate of drug-likeness (QED) is 0.651. The van der Waals surface area contributed by atoms with Gasteiger partial charge in [-0.15, -0.1) is 0 Å². The van der Waals surface area contributed by atoms with Gasteiger partial charge in [0.25, 0.3) is 5.91 Å². The number of ether oxygens (including phenoxy) is 2. The number of benzene rings is 2. The first-order valence-electron chi connectivity index (χ1n) is 11.1. The smallest absolute Gasteiger partial charge is 0.251 e. The molecule has 172 valence electrons. The lowest BCUT2D eigenvalue weighted by atomic mass is 10.0. The second-order valence-corrected chi connectivity index (χ2v) is 8.25. The van der Waals surface area contributed by atoms with E-state index in [0.717, 1.165) is 25.4 Å². The summed E-state index contributed by atoms with van der Waals surface area (Å²) in [5, 5.41) is 2.93.